The van der Waals surface area contributed by atoms with E-state index in [1.54, 1.807) is 6.92 Å². The quantitative estimate of drug-likeness (QED) is 0.550. The van der Waals surface area contributed by atoms with E-state index < -0.39 is 21.5 Å². The average molecular weight is 445 g/mol. The molecule has 2 N–H and O–H groups in total. The molecule has 0 saturated heterocycles. The minimum Gasteiger partial charge on any atom is -0.465 e. The molecule has 164 valence electrons. The predicted molar refractivity (Wildman–Crippen MR) is 116 cm³/mol. The summed E-state index contributed by atoms with van der Waals surface area (Å²) >= 11 is 0. The number of hydrogen-bond acceptors (Lipinski definition) is 8. The second-order valence-corrected chi connectivity index (χ2v) is 9.50. The van der Waals surface area contributed by atoms with Crippen molar-refractivity contribution in [2.75, 3.05) is 24.7 Å². The van der Waals surface area contributed by atoms with E-state index in [9.17, 15) is 13.2 Å². The van der Waals surface area contributed by atoms with Crippen LogP contribution in [0.25, 0.3) is 11.5 Å². The average Bonchev–Trinajstić information content (AvgIpc) is 3.23. The number of nitrogens with two attached hydrogens (primary N) is 1. The van der Waals surface area contributed by atoms with E-state index >= 15 is 0 Å². The molecule has 0 saturated carbocycles. The zero-order valence-electron chi connectivity index (χ0n) is 17.7. The van der Waals surface area contributed by atoms with E-state index in [-0.39, 0.29) is 23.0 Å². The Labute approximate surface area is 180 Å². The van der Waals surface area contributed by atoms with E-state index in [4.69, 9.17) is 14.9 Å². The van der Waals surface area contributed by atoms with Crippen LogP contribution in [0.4, 0.5) is 5.69 Å². The smallest absolute Gasteiger partial charge is 0.337 e. The molecule has 1 atom stereocenters. The maximum atomic E-state index is 12.1. The van der Waals surface area contributed by atoms with Gasteiger partial charge in [0.15, 0.2) is 0 Å². The second-order valence-electron chi connectivity index (χ2n) is 7.48. The van der Waals surface area contributed by atoms with E-state index in [0.29, 0.717) is 12.0 Å². The Morgan fingerprint density at radius 3 is 2.48 bits per heavy atom. The Kier molecular flexibility index (Phi) is 6.14. The van der Waals surface area contributed by atoms with Gasteiger partial charge in [0.2, 0.25) is 21.8 Å². The van der Waals surface area contributed by atoms with Crippen LogP contribution in [0, 0.1) is 0 Å². The SMILES string of the molecule is COC(=O)c1cc(-c2nnc([C@@](C)(N)Cc3ccccc3)o2)cc(N(C)S(C)(=O)=O)c1. The number of sulfonamides is 1. The molecule has 0 radical (unpaired) electrons. The molecule has 31 heavy (non-hydrogen) atoms. The summed E-state index contributed by atoms with van der Waals surface area (Å²) in [5, 5.41) is 8.16. The van der Waals surface area contributed by atoms with Gasteiger partial charge in [-0.25, -0.2) is 13.2 Å². The number of methoxy groups -OCH3 is 1. The molecule has 2 aromatic carbocycles. The van der Waals surface area contributed by atoms with Crippen LogP contribution >= 0.6 is 0 Å². The largest absolute Gasteiger partial charge is 0.465 e. The highest BCUT2D eigenvalue weighted by molar-refractivity contribution is 7.92. The molecule has 1 heterocycles. The molecule has 0 amide bonds. The monoisotopic (exact) mass is 444 g/mol. The van der Waals surface area contributed by atoms with Gasteiger partial charge in [-0.1, -0.05) is 30.3 Å². The van der Waals surface area contributed by atoms with Crippen LogP contribution in [0.1, 0.15) is 28.7 Å². The minimum absolute atomic E-state index is 0.105. The number of anilines is 1. The van der Waals surface area contributed by atoms with Gasteiger partial charge < -0.3 is 14.9 Å². The predicted octanol–water partition coefficient (Wildman–Crippen LogP) is 2.34. The third-order valence-electron chi connectivity index (χ3n) is 4.77. The summed E-state index contributed by atoms with van der Waals surface area (Å²) in [4.78, 5) is 12.1. The van der Waals surface area contributed by atoms with Crippen molar-refractivity contribution >= 4 is 21.7 Å². The van der Waals surface area contributed by atoms with Crippen LogP contribution in [0.2, 0.25) is 0 Å². The normalized spacial score (nSPS) is 13.5. The Balaban J connectivity index is 2.01. The molecule has 0 aliphatic carbocycles. The maximum Gasteiger partial charge on any atom is 0.337 e. The van der Waals surface area contributed by atoms with Crippen LogP contribution in [-0.4, -0.2) is 45.0 Å². The highest BCUT2D eigenvalue weighted by Gasteiger charge is 2.29. The number of carbonyl (C=O) groups is 1. The van der Waals surface area contributed by atoms with Crippen LogP contribution in [-0.2, 0) is 26.7 Å². The Bertz CT molecular complexity index is 1190. The Hall–Kier alpha value is -3.24. The molecule has 3 aromatic rings. The number of rotatable bonds is 7. The first-order valence-corrected chi connectivity index (χ1v) is 11.2. The molecular formula is C21H24N4O5S. The van der Waals surface area contributed by atoms with E-state index in [2.05, 4.69) is 10.2 Å². The zero-order chi connectivity index (χ0) is 22.8. The minimum atomic E-state index is -3.56. The summed E-state index contributed by atoms with van der Waals surface area (Å²) in [5.74, 6) is -0.307. The summed E-state index contributed by atoms with van der Waals surface area (Å²) in [6, 6.07) is 14.1. The highest BCUT2D eigenvalue weighted by Crippen LogP contribution is 2.30. The number of nitrogens with zero attached hydrogens (tertiary/aromatic N) is 3. The van der Waals surface area contributed by atoms with E-state index in [1.165, 1.54) is 32.4 Å². The van der Waals surface area contributed by atoms with Gasteiger partial charge in [-0.3, -0.25) is 4.31 Å². The van der Waals surface area contributed by atoms with Crippen molar-refractivity contribution in [3.05, 3.63) is 65.5 Å². The van der Waals surface area contributed by atoms with Crippen LogP contribution in [0.5, 0.6) is 0 Å². The Morgan fingerprint density at radius 1 is 1.19 bits per heavy atom. The van der Waals surface area contributed by atoms with Gasteiger partial charge in [0, 0.05) is 12.6 Å². The third-order valence-corrected chi connectivity index (χ3v) is 5.98. The lowest BCUT2D eigenvalue weighted by molar-refractivity contribution is 0.0601. The van der Waals surface area contributed by atoms with Crippen LogP contribution in [0.15, 0.2) is 52.9 Å². The fourth-order valence-electron chi connectivity index (χ4n) is 3.01. The lowest BCUT2D eigenvalue weighted by atomic mass is 9.94. The van der Waals surface area contributed by atoms with Crippen molar-refractivity contribution in [3.8, 4) is 11.5 Å². The van der Waals surface area contributed by atoms with Crippen LogP contribution < -0.4 is 10.0 Å². The number of benzene rings is 2. The second kappa shape index (κ2) is 8.48. The summed E-state index contributed by atoms with van der Waals surface area (Å²) in [6.07, 6.45) is 1.53. The van der Waals surface area contributed by atoms with Gasteiger partial charge in [-0.15, -0.1) is 10.2 Å². The van der Waals surface area contributed by atoms with Crippen LogP contribution in [0.3, 0.4) is 0 Å². The molecule has 0 fully saturated rings. The van der Waals surface area contributed by atoms with Crippen molar-refractivity contribution in [1.29, 1.82) is 0 Å². The first kappa shape index (κ1) is 22.4. The maximum absolute atomic E-state index is 12.1. The number of carbonyl (C=O) groups excluding carboxylic acids is 1. The molecular weight excluding hydrogens is 420 g/mol. The first-order valence-electron chi connectivity index (χ1n) is 9.36. The van der Waals surface area contributed by atoms with Crippen molar-refractivity contribution in [2.24, 2.45) is 5.73 Å². The van der Waals surface area contributed by atoms with E-state index in [0.717, 1.165) is 16.1 Å². The number of hydrogen-bond donors (Lipinski definition) is 1. The number of aromatic nitrogens is 2. The number of esters is 1. The standard InChI is InChI=1S/C21H24N4O5S/c1-21(22,13-14-8-6-5-7-9-14)20-24-23-18(30-20)15-10-16(19(26)29-3)12-17(11-15)25(2)31(4,27)28/h5-12H,13,22H2,1-4H3/t21-/m0/s1. The zero-order valence-corrected chi connectivity index (χ0v) is 18.5. The van der Waals surface area contributed by atoms with Gasteiger partial charge in [0.1, 0.15) is 0 Å². The fourth-order valence-corrected chi connectivity index (χ4v) is 3.50. The van der Waals surface area contributed by atoms with Crippen molar-refractivity contribution < 1.29 is 22.4 Å². The molecule has 3 rings (SSSR count). The molecule has 0 spiro atoms. The molecule has 10 heteroatoms. The van der Waals surface area contributed by atoms with Crippen molar-refractivity contribution in [1.82, 2.24) is 10.2 Å². The third kappa shape index (κ3) is 5.09. The molecule has 0 aliphatic rings. The molecule has 0 unspecified atom stereocenters. The molecule has 1 aromatic heterocycles. The Morgan fingerprint density at radius 2 is 1.87 bits per heavy atom. The van der Waals surface area contributed by atoms with Crippen molar-refractivity contribution in [3.63, 3.8) is 0 Å². The van der Waals surface area contributed by atoms with Gasteiger partial charge in [0.05, 0.1) is 30.2 Å². The van der Waals surface area contributed by atoms with E-state index in [1.807, 2.05) is 30.3 Å². The lowest BCUT2D eigenvalue weighted by Gasteiger charge is -2.20. The summed E-state index contributed by atoms with van der Waals surface area (Å²) in [6.45, 7) is 1.78. The molecule has 9 nitrogen and oxygen atoms in total. The molecule has 0 bridgehead atoms. The summed E-state index contributed by atoms with van der Waals surface area (Å²) in [5.41, 5.74) is 7.28. The van der Waals surface area contributed by atoms with Gasteiger partial charge in [0.25, 0.3) is 0 Å². The fraction of sp³-hybridized carbons (Fsp3) is 0.286. The topological polar surface area (TPSA) is 129 Å². The number of ether oxygens (including phenoxy) is 1. The van der Waals surface area contributed by atoms with Gasteiger partial charge in [-0.2, -0.15) is 0 Å². The van der Waals surface area contributed by atoms with Crippen molar-refractivity contribution in [2.45, 2.75) is 18.9 Å². The lowest BCUT2D eigenvalue weighted by Crippen LogP contribution is -2.35. The summed E-state index contributed by atoms with van der Waals surface area (Å²) in [7, 11) is -0.942. The summed E-state index contributed by atoms with van der Waals surface area (Å²) < 4.78 is 35.6. The molecule has 0 aliphatic heterocycles. The highest BCUT2D eigenvalue weighted by atomic mass is 32.2. The van der Waals surface area contributed by atoms with Gasteiger partial charge in [-0.05, 0) is 37.1 Å². The van der Waals surface area contributed by atoms with Gasteiger partial charge >= 0.3 is 5.97 Å². The first-order chi connectivity index (χ1) is 14.5.